The summed E-state index contributed by atoms with van der Waals surface area (Å²) in [6.07, 6.45) is 1.69. The summed E-state index contributed by atoms with van der Waals surface area (Å²) in [4.78, 5) is 13.0. The van der Waals surface area contributed by atoms with Crippen LogP contribution in [0.4, 0.5) is 5.13 Å². The van der Waals surface area contributed by atoms with Gasteiger partial charge in [0, 0.05) is 0 Å². The van der Waals surface area contributed by atoms with Crippen LogP contribution in [0.25, 0.3) is 10.3 Å². The van der Waals surface area contributed by atoms with E-state index < -0.39 is 0 Å². The molecule has 0 bridgehead atoms. The van der Waals surface area contributed by atoms with Crippen LogP contribution < -0.4 is 5.73 Å². The molecule has 0 aromatic carbocycles. The van der Waals surface area contributed by atoms with Gasteiger partial charge in [-0.05, 0) is 6.92 Å². The van der Waals surface area contributed by atoms with Crippen molar-refractivity contribution < 1.29 is 0 Å². The monoisotopic (exact) mass is 166 g/mol. The molecule has 0 aliphatic rings. The highest BCUT2D eigenvalue weighted by molar-refractivity contribution is 7.21. The molecule has 0 saturated carbocycles. The first-order chi connectivity index (χ1) is 5.25. The van der Waals surface area contributed by atoms with Crippen molar-refractivity contribution in [3.05, 3.63) is 12.0 Å². The van der Waals surface area contributed by atoms with Crippen molar-refractivity contribution in [2.45, 2.75) is 6.92 Å². The Balaban J connectivity index is 2.82. The molecule has 0 radical (unpaired) electrons. The van der Waals surface area contributed by atoms with Gasteiger partial charge in [0.05, 0.1) is 6.20 Å². The van der Waals surface area contributed by atoms with Gasteiger partial charge in [0.1, 0.15) is 16.2 Å². The summed E-state index contributed by atoms with van der Waals surface area (Å²) < 4.78 is 0. The molecule has 2 aromatic rings. The quantitative estimate of drug-likeness (QED) is 0.633. The first kappa shape index (κ1) is 6.48. The van der Waals surface area contributed by atoms with E-state index in [9.17, 15) is 0 Å². The summed E-state index contributed by atoms with van der Waals surface area (Å²) >= 11 is 1.38. The Kier molecular flexibility index (Phi) is 1.25. The third-order valence-corrected chi connectivity index (χ3v) is 2.08. The Bertz CT molecular complexity index is 394. The molecule has 0 aliphatic carbocycles. The zero-order valence-electron chi connectivity index (χ0n) is 5.90. The van der Waals surface area contributed by atoms with Crippen molar-refractivity contribution in [3.8, 4) is 0 Å². The molecule has 56 valence electrons. The third kappa shape index (κ3) is 1.03. The van der Waals surface area contributed by atoms with Crippen molar-refractivity contribution in [2.24, 2.45) is 0 Å². The van der Waals surface area contributed by atoms with Crippen LogP contribution in [0.3, 0.4) is 0 Å². The van der Waals surface area contributed by atoms with Gasteiger partial charge in [-0.1, -0.05) is 11.3 Å². The van der Waals surface area contributed by atoms with Gasteiger partial charge in [-0.15, -0.1) is 0 Å². The lowest BCUT2D eigenvalue weighted by Gasteiger charge is -1.86. The number of nitrogens with two attached hydrogens (primary N) is 1. The topological polar surface area (TPSA) is 64.7 Å². The molecule has 0 fully saturated rings. The number of nitrogens with zero attached hydrogens (tertiary/aromatic N) is 3. The molecule has 4 nitrogen and oxygen atoms in total. The van der Waals surface area contributed by atoms with Crippen LogP contribution in [0.1, 0.15) is 5.82 Å². The Hall–Kier alpha value is -1.23. The van der Waals surface area contributed by atoms with Gasteiger partial charge in [-0.3, -0.25) is 0 Å². The average molecular weight is 166 g/mol. The van der Waals surface area contributed by atoms with Crippen molar-refractivity contribution in [2.75, 3.05) is 5.73 Å². The summed E-state index contributed by atoms with van der Waals surface area (Å²) in [7, 11) is 0. The van der Waals surface area contributed by atoms with Crippen LogP contribution in [0.5, 0.6) is 0 Å². The molecule has 0 saturated heterocycles. The van der Waals surface area contributed by atoms with E-state index in [4.69, 9.17) is 5.73 Å². The summed E-state index contributed by atoms with van der Waals surface area (Å²) in [5.74, 6) is 0.751. The summed E-state index contributed by atoms with van der Waals surface area (Å²) in [5, 5.41) is 0.542. The van der Waals surface area contributed by atoms with Gasteiger partial charge in [-0.25, -0.2) is 15.0 Å². The lowest BCUT2D eigenvalue weighted by atomic mass is 10.5. The van der Waals surface area contributed by atoms with E-state index in [0.717, 1.165) is 16.2 Å². The summed E-state index contributed by atoms with van der Waals surface area (Å²) in [6.45, 7) is 1.84. The fourth-order valence-electron chi connectivity index (χ4n) is 0.835. The first-order valence-electron chi connectivity index (χ1n) is 3.11. The van der Waals surface area contributed by atoms with E-state index in [-0.39, 0.29) is 0 Å². The van der Waals surface area contributed by atoms with E-state index >= 15 is 0 Å². The maximum absolute atomic E-state index is 5.48. The minimum Gasteiger partial charge on any atom is -0.375 e. The van der Waals surface area contributed by atoms with Crippen LogP contribution >= 0.6 is 11.3 Å². The molecule has 2 rings (SSSR count). The van der Waals surface area contributed by atoms with Gasteiger partial charge < -0.3 is 5.73 Å². The maximum atomic E-state index is 5.48. The highest BCUT2D eigenvalue weighted by atomic mass is 32.1. The highest BCUT2D eigenvalue weighted by Crippen LogP contribution is 2.20. The number of thiazole rings is 1. The lowest BCUT2D eigenvalue weighted by molar-refractivity contribution is 1.09. The molecule has 11 heavy (non-hydrogen) atoms. The second-order valence-electron chi connectivity index (χ2n) is 2.16. The molecule has 2 aromatic heterocycles. The number of hydrogen-bond donors (Lipinski definition) is 1. The van der Waals surface area contributed by atoms with E-state index in [1.54, 1.807) is 6.20 Å². The average Bonchev–Trinajstić information content (AvgIpc) is 2.27. The third-order valence-electron chi connectivity index (χ3n) is 1.29. The second kappa shape index (κ2) is 2.13. The SMILES string of the molecule is Cc1ncc2nc(N)sc2n1. The van der Waals surface area contributed by atoms with Crippen LogP contribution in [0.15, 0.2) is 6.20 Å². The fourth-order valence-corrected chi connectivity index (χ4v) is 1.56. The number of anilines is 1. The lowest BCUT2D eigenvalue weighted by Crippen LogP contribution is -1.84. The van der Waals surface area contributed by atoms with Crippen LogP contribution in [-0.2, 0) is 0 Å². The van der Waals surface area contributed by atoms with E-state index in [0.29, 0.717) is 5.13 Å². The smallest absolute Gasteiger partial charge is 0.182 e. The normalized spacial score (nSPS) is 10.6. The standard InChI is InChI=1S/C6H6N4S/c1-3-8-2-4-5(9-3)11-6(7)10-4/h2H,1H3,(H2,7,10). The predicted octanol–water partition coefficient (Wildman–Crippen LogP) is 0.977. The number of nitrogen functional groups attached to an aromatic ring is 1. The summed E-state index contributed by atoms with van der Waals surface area (Å²) in [5.41, 5.74) is 6.26. The second-order valence-corrected chi connectivity index (χ2v) is 3.17. The van der Waals surface area contributed by atoms with E-state index in [2.05, 4.69) is 15.0 Å². The Labute approximate surface area is 67.1 Å². The van der Waals surface area contributed by atoms with Gasteiger partial charge in [0.25, 0.3) is 0 Å². The van der Waals surface area contributed by atoms with Crippen molar-refractivity contribution in [1.82, 2.24) is 15.0 Å². The van der Waals surface area contributed by atoms with Gasteiger partial charge in [0.15, 0.2) is 5.13 Å². The summed E-state index contributed by atoms with van der Waals surface area (Å²) in [6, 6.07) is 0. The first-order valence-corrected chi connectivity index (χ1v) is 3.93. The maximum Gasteiger partial charge on any atom is 0.182 e. The molecular weight excluding hydrogens is 160 g/mol. The molecule has 0 amide bonds. The van der Waals surface area contributed by atoms with Crippen molar-refractivity contribution >= 4 is 26.8 Å². The molecule has 2 N–H and O–H groups in total. The zero-order valence-corrected chi connectivity index (χ0v) is 6.72. The number of hydrogen-bond acceptors (Lipinski definition) is 5. The van der Waals surface area contributed by atoms with Gasteiger partial charge >= 0.3 is 0 Å². The molecule has 0 spiro atoms. The molecule has 0 aliphatic heterocycles. The predicted molar refractivity (Wildman–Crippen MR) is 44.4 cm³/mol. The number of aromatic nitrogens is 3. The molecular formula is C6H6N4S. The highest BCUT2D eigenvalue weighted by Gasteiger charge is 2.01. The molecule has 0 atom stereocenters. The Morgan fingerprint density at radius 1 is 1.45 bits per heavy atom. The number of fused-ring (bicyclic) bond motifs is 1. The van der Waals surface area contributed by atoms with E-state index in [1.165, 1.54) is 11.3 Å². The molecule has 0 unspecified atom stereocenters. The zero-order chi connectivity index (χ0) is 7.84. The van der Waals surface area contributed by atoms with Crippen LogP contribution in [0, 0.1) is 6.92 Å². The molecule has 5 heteroatoms. The number of aryl methyl sites for hydroxylation is 1. The Morgan fingerprint density at radius 2 is 2.27 bits per heavy atom. The fraction of sp³-hybridized carbons (Fsp3) is 0.167. The van der Waals surface area contributed by atoms with Gasteiger partial charge in [0.2, 0.25) is 0 Å². The largest absolute Gasteiger partial charge is 0.375 e. The van der Waals surface area contributed by atoms with Crippen LogP contribution in [-0.4, -0.2) is 15.0 Å². The Morgan fingerprint density at radius 3 is 3.09 bits per heavy atom. The minimum absolute atomic E-state index is 0.542. The van der Waals surface area contributed by atoms with Gasteiger partial charge in [-0.2, -0.15) is 0 Å². The van der Waals surface area contributed by atoms with E-state index in [1.807, 2.05) is 6.92 Å². The molecule has 2 heterocycles. The minimum atomic E-state index is 0.542. The number of rotatable bonds is 0. The van der Waals surface area contributed by atoms with Crippen molar-refractivity contribution in [1.29, 1.82) is 0 Å². The van der Waals surface area contributed by atoms with Crippen molar-refractivity contribution in [3.63, 3.8) is 0 Å². The van der Waals surface area contributed by atoms with Crippen LogP contribution in [0.2, 0.25) is 0 Å².